The van der Waals surface area contributed by atoms with Crippen LogP contribution < -0.4 is 9.04 Å². The highest BCUT2D eigenvalue weighted by molar-refractivity contribution is 7.93. The second-order valence-corrected chi connectivity index (χ2v) is 10.8. The van der Waals surface area contributed by atoms with Crippen molar-refractivity contribution in [3.8, 4) is 16.9 Å². The van der Waals surface area contributed by atoms with Crippen LogP contribution in [0.15, 0.2) is 76.1 Å². The second-order valence-electron chi connectivity index (χ2n) is 8.95. The van der Waals surface area contributed by atoms with Crippen LogP contribution in [0.4, 0.5) is 5.82 Å². The van der Waals surface area contributed by atoms with Gasteiger partial charge in [-0.05, 0) is 54.3 Å². The molecule has 0 atom stereocenters. The molecule has 9 nitrogen and oxygen atoms in total. The summed E-state index contributed by atoms with van der Waals surface area (Å²) in [5.41, 5.74) is 4.16. The first-order valence-electron chi connectivity index (χ1n) is 12.3. The molecule has 0 spiro atoms. The van der Waals surface area contributed by atoms with Crippen molar-refractivity contribution in [1.82, 2.24) is 5.16 Å². The number of ether oxygens (including phenoxy) is 3. The van der Waals surface area contributed by atoms with Crippen molar-refractivity contribution in [2.24, 2.45) is 0 Å². The lowest BCUT2D eigenvalue weighted by molar-refractivity contribution is 0.107. The summed E-state index contributed by atoms with van der Waals surface area (Å²) in [6, 6.07) is 19.7. The average molecular weight is 553 g/mol. The monoisotopic (exact) mass is 552 g/mol. The largest absolute Gasteiger partial charge is 0.497 e. The van der Waals surface area contributed by atoms with E-state index in [0.717, 1.165) is 21.2 Å². The smallest absolute Gasteiger partial charge is 0.268 e. The van der Waals surface area contributed by atoms with E-state index in [1.54, 1.807) is 57.4 Å². The number of aliphatic hydroxyl groups is 1. The molecule has 10 heteroatoms. The number of sulfonamides is 1. The Hall–Kier alpha value is -3.70. The predicted octanol–water partition coefficient (Wildman–Crippen LogP) is 4.98. The number of aryl methyl sites for hydroxylation is 1. The summed E-state index contributed by atoms with van der Waals surface area (Å²) in [6.45, 7) is 3.62. The third-order valence-electron chi connectivity index (χ3n) is 6.40. The summed E-state index contributed by atoms with van der Waals surface area (Å²) in [7, 11) is -1.09. The lowest BCUT2D eigenvalue weighted by atomic mass is 9.98. The SMILES string of the molecule is COCN(c1noc(C)c1C)S(=O)(=O)c1ccccc1-c1ccc(CO)cc1COCc1ccc(OC)cc1. The van der Waals surface area contributed by atoms with Gasteiger partial charge in [0.25, 0.3) is 10.0 Å². The number of hydrogen-bond donors (Lipinski definition) is 1. The fourth-order valence-corrected chi connectivity index (χ4v) is 5.75. The highest BCUT2D eigenvalue weighted by Gasteiger charge is 2.32. The molecule has 0 fully saturated rings. The number of anilines is 1. The molecular formula is C29H32N2O7S. The summed E-state index contributed by atoms with van der Waals surface area (Å²) in [6.07, 6.45) is 0. The molecule has 0 aliphatic carbocycles. The first-order chi connectivity index (χ1) is 18.8. The zero-order valence-corrected chi connectivity index (χ0v) is 23.2. The van der Waals surface area contributed by atoms with E-state index in [-0.39, 0.29) is 30.7 Å². The van der Waals surface area contributed by atoms with E-state index in [2.05, 4.69) is 5.16 Å². The molecule has 1 heterocycles. The van der Waals surface area contributed by atoms with Crippen LogP contribution in [-0.4, -0.2) is 39.6 Å². The van der Waals surface area contributed by atoms with E-state index in [9.17, 15) is 13.5 Å². The molecule has 4 rings (SSSR count). The molecule has 0 saturated carbocycles. The third kappa shape index (κ3) is 6.15. The van der Waals surface area contributed by atoms with Crippen LogP contribution in [0.5, 0.6) is 5.75 Å². The molecule has 0 bridgehead atoms. The van der Waals surface area contributed by atoms with Gasteiger partial charge in [0.15, 0.2) is 5.82 Å². The summed E-state index contributed by atoms with van der Waals surface area (Å²) < 4.78 is 50.9. The molecule has 0 saturated heterocycles. The van der Waals surface area contributed by atoms with E-state index in [1.165, 1.54) is 7.11 Å². The molecule has 206 valence electrons. The number of nitrogens with zero attached hydrogens (tertiary/aromatic N) is 2. The van der Waals surface area contributed by atoms with Crippen LogP contribution in [-0.2, 0) is 39.3 Å². The minimum absolute atomic E-state index is 0.0789. The molecule has 0 radical (unpaired) electrons. The van der Waals surface area contributed by atoms with Crippen molar-refractivity contribution in [3.63, 3.8) is 0 Å². The third-order valence-corrected chi connectivity index (χ3v) is 8.17. The number of aliphatic hydroxyl groups excluding tert-OH is 1. The lowest BCUT2D eigenvalue weighted by Crippen LogP contribution is -2.34. The van der Waals surface area contributed by atoms with Crippen LogP contribution in [0.2, 0.25) is 0 Å². The Bertz CT molecular complexity index is 1520. The fourth-order valence-electron chi connectivity index (χ4n) is 4.16. The Kier molecular flexibility index (Phi) is 9.03. The molecule has 0 aliphatic rings. The first-order valence-corrected chi connectivity index (χ1v) is 13.7. The molecular weight excluding hydrogens is 520 g/mol. The summed E-state index contributed by atoms with van der Waals surface area (Å²) in [4.78, 5) is 0.0789. The van der Waals surface area contributed by atoms with Crippen molar-refractivity contribution < 1.29 is 32.3 Å². The zero-order chi connectivity index (χ0) is 28.0. The quantitative estimate of drug-likeness (QED) is 0.245. The maximum absolute atomic E-state index is 14.0. The molecule has 1 N–H and O–H groups in total. The van der Waals surface area contributed by atoms with E-state index in [4.69, 9.17) is 18.7 Å². The molecule has 4 aromatic rings. The standard InChI is InChI=1S/C29H32N2O7S/c1-20-21(2)38-30-29(20)31(19-35-3)39(33,34)28-8-6-5-7-27(28)26-14-11-23(16-32)15-24(26)18-37-17-22-9-12-25(36-4)13-10-22/h5-15,32H,16-19H2,1-4H3. The number of hydrogen-bond acceptors (Lipinski definition) is 8. The Labute approximate surface area is 228 Å². The minimum atomic E-state index is -4.12. The van der Waals surface area contributed by atoms with Gasteiger partial charge in [-0.2, -0.15) is 0 Å². The van der Waals surface area contributed by atoms with E-state index in [0.29, 0.717) is 34.6 Å². The average Bonchev–Trinajstić information content (AvgIpc) is 3.29. The van der Waals surface area contributed by atoms with Gasteiger partial charge in [-0.25, -0.2) is 12.7 Å². The number of aromatic nitrogens is 1. The molecule has 3 aromatic carbocycles. The normalized spacial score (nSPS) is 11.5. The van der Waals surface area contributed by atoms with Crippen molar-refractivity contribution in [3.05, 3.63) is 94.7 Å². The van der Waals surface area contributed by atoms with Crippen LogP contribution in [0, 0.1) is 13.8 Å². The Balaban J connectivity index is 1.71. The Morgan fingerprint density at radius 2 is 1.64 bits per heavy atom. The first kappa shape index (κ1) is 28.3. The number of benzene rings is 3. The number of rotatable bonds is 12. The minimum Gasteiger partial charge on any atom is -0.497 e. The topological polar surface area (TPSA) is 111 Å². The highest BCUT2D eigenvalue weighted by Crippen LogP contribution is 2.35. The fraction of sp³-hybridized carbons (Fsp3) is 0.276. The van der Waals surface area contributed by atoms with Crippen LogP contribution in [0.1, 0.15) is 28.0 Å². The number of methoxy groups -OCH3 is 2. The van der Waals surface area contributed by atoms with Gasteiger partial charge < -0.3 is 23.8 Å². The van der Waals surface area contributed by atoms with Gasteiger partial charge >= 0.3 is 0 Å². The zero-order valence-electron chi connectivity index (χ0n) is 22.4. The van der Waals surface area contributed by atoms with E-state index in [1.807, 2.05) is 30.3 Å². The second kappa shape index (κ2) is 12.4. The predicted molar refractivity (Wildman–Crippen MR) is 147 cm³/mol. The molecule has 0 unspecified atom stereocenters. The summed E-state index contributed by atoms with van der Waals surface area (Å²) in [5.74, 6) is 1.45. The summed E-state index contributed by atoms with van der Waals surface area (Å²) in [5, 5.41) is 13.7. The van der Waals surface area contributed by atoms with Crippen molar-refractivity contribution >= 4 is 15.8 Å². The maximum Gasteiger partial charge on any atom is 0.268 e. The van der Waals surface area contributed by atoms with Gasteiger partial charge in [0.2, 0.25) is 0 Å². The van der Waals surface area contributed by atoms with Gasteiger partial charge in [-0.15, -0.1) is 0 Å². The maximum atomic E-state index is 14.0. The van der Waals surface area contributed by atoms with Gasteiger partial charge in [-0.1, -0.05) is 53.7 Å². The molecule has 1 aromatic heterocycles. The van der Waals surface area contributed by atoms with Crippen molar-refractivity contribution in [2.45, 2.75) is 38.6 Å². The molecule has 0 aliphatic heterocycles. The van der Waals surface area contributed by atoms with Crippen LogP contribution in [0.3, 0.4) is 0 Å². The van der Waals surface area contributed by atoms with Gasteiger partial charge in [-0.3, -0.25) is 0 Å². The van der Waals surface area contributed by atoms with Crippen molar-refractivity contribution in [1.29, 1.82) is 0 Å². The van der Waals surface area contributed by atoms with Crippen LogP contribution >= 0.6 is 0 Å². The van der Waals surface area contributed by atoms with Crippen molar-refractivity contribution in [2.75, 3.05) is 25.3 Å². The Morgan fingerprint density at radius 3 is 2.28 bits per heavy atom. The highest BCUT2D eigenvalue weighted by atomic mass is 32.2. The Morgan fingerprint density at radius 1 is 0.923 bits per heavy atom. The van der Waals surface area contributed by atoms with E-state index >= 15 is 0 Å². The van der Waals surface area contributed by atoms with Gasteiger partial charge in [0.05, 0.1) is 31.8 Å². The molecule has 0 amide bonds. The van der Waals surface area contributed by atoms with Gasteiger partial charge in [0.1, 0.15) is 18.2 Å². The van der Waals surface area contributed by atoms with Gasteiger partial charge in [0, 0.05) is 18.2 Å². The lowest BCUT2D eigenvalue weighted by Gasteiger charge is -2.23. The summed E-state index contributed by atoms with van der Waals surface area (Å²) >= 11 is 0. The molecule has 39 heavy (non-hydrogen) atoms. The van der Waals surface area contributed by atoms with Crippen LogP contribution in [0.25, 0.3) is 11.1 Å². The van der Waals surface area contributed by atoms with E-state index < -0.39 is 10.0 Å².